The van der Waals surface area contributed by atoms with Crippen LogP contribution in [0.15, 0.2) is 121 Å². The van der Waals surface area contributed by atoms with E-state index in [1.165, 1.54) is 5.56 Å². The van der Waals surface area contributed by atoms with Gasteiger partial charge in [-0.25, -0.2) is 4.79 Å². The zero-order chi connectivity index (χ0) is 37.6. The lowest BCUT2D eigenvalue weighted by atomic mass is 9.86. The SMILES string of the molecule is CC(C)(C)OC(=O)c1ccc(CNC(=O)C(c2ccc3c(c2)-c2ccccc2C3)N2C(=O)C3Cc4ccccc4CN3C(=O)C2Cc2ccccc2)cc1. The van der Waals surface area contributed by atoms with Gasteiger partial charge in [-0.2, -0.15) is 0 Å². The Labute approximate surface area is 315 Å². The number of nitrogens with one attached hydrogen (secondary N) is 1. The summed E-state index contributed by atoms with van der Waals surface area (Å²) < 4.78 is 5.51. The van der Waals surface area contributed by atoms with E-state index in [2.05, 4.69) is 17.4 Å². The fraction of sp³-hybridized carbons (Fsp3) is 0.261. The van der Waals surface area contributed by atoms with Gasteiger partial charge in [0.2, 0.25) is 17.7 Å². The monoisotopic (exact) mass is 717 g/mol. The summed E-state index contributed by atoms with van der Waals surface area (Å²) in [5.41, 5.74) is 8.68. The standard InChI is InChI=1S/C46H43N3O5/c1-46(2,3)54-45(53)31-19-17-30(18-20-31)27-47-42(50)41(35-22-21-34-24-33-14-9-10-16-37(33)38(34)25-35)49-40(23-29-11-5-4-6-12-29)43(51)48-28-36-15-8-7-13-32(36)26-39(48)44(49)52/h4-22,25,39-41H,23-24,26-28H2,1-3H3,(H,47,50). The number of amides is 3. The van der Waals surface area contributed by atoms with Crippen molar-refractivity contribution >= 4 is 23.7 Å². The second-order valence-corrected chi connectivity index (χ2v) is 15.5. The summed E-state index contributed by atoms with van der Waals surface area (Å²) in [4.78, 5) is 60.5. The largest absolute Gasteiger partial charge is 0.456 e. The zero-order valence-corrected chi connectivity index (χ0v) is 30.8. The van der Waals surface area contributed by atoms with Gasteiger partial charge >= 0.3 is 5.97 Å². The molecule has 3 aliphatic rings. The molecule has 0 aromatic heterocycles. The van der Waals surface area contributed by atoms with Gasteiger partial charge in [0.1, 0.15) is 23.7 Å². The quantitative estimate of drug-likeness (QED) is 0.172. The molecule has 3 amide bonds. The second-order valence-electron chi connectivity index (χ2n) is 15.5. The Morgan fingerprint density at radius 3 is 2.15 bits per heavy atom. The molecule has 8 rings (SSSR count). The van der Waals surface area contributed by atoms with Gasteiger partial charge in [-0.15, -0.1) is 0 Å². The Kier molecular flexibility index (Phi) is 9.14. The van der Waals surface area contributed by atoms with Crippen LogP contribution < -0.4 is 5.32 Å². The minimum absolute atomic E-state index is 0.153. The molecule has 0 bridgehead atoms. The smallest absolute Gasteiger partial charge is 0.338 e. The lowest BCUT2D eigenvalue weighted by Crippen LogP contribution is -2.68. The fourth-order valence-electron chi connectivity index (χ4n) is 8.07. The first-order valence-electron chi connectivity index (χ1n) is 18.6. The van der Waals surface area contributed by atoms with Crippen LogP contribution in [-0.2, 0) is 51.5 Å². The molecular formula is C46H43N3O5. The summed E-state index contributed by atoms with van der Waals surface area (Å²) in [5.74, 6) is -1.22. The second kappa shape index (κ2) is 14.1. The number of nitrogens with zero attached hydrogens (tertiary/aromatic N) is 2. The van der Waals surface area contributed by atoms with Gasteiger partial charge in [0, 0.05) is 25.9 Å². The van der Waals surface area contributed by atoms with Crippen LogP contribution in [0.5, 0.6) is 0 Å². The summed E-state index contributed by atoms with van der Waals surface area (Å²) in [6, 6.07) is 36.1. The number of rotatable bonds is 8. The highest BCUT2D eigenvalue weighted by atomic mass is 16.6. The molecule has 2 heterocycles. The van der Waals surface area contributed by atoms with E-state index in [0.29, 0.717) is 24.1 Å². The van der Waals surface area contributed by atoms with Crippen LogP contribution in [0.25, 0.3) is 11.1 Å². The average molecular weight is 718 g/mol. The highest BCUT2D eigenvalue weighted by molar-refractivity contribution is 6.01. The summed E-state index contributed by atoms with van der Waals surface area (Å²) in [6.07, 6.45) is 1.43. The van der Waals surface area contributed by atoms with E-state index in [4.69, 9.17) is 4.74 Å². The number of fused-ring (bicyclic) bond motifs is 5. The van der Waals surface area contributed by atoms with Crippen LogP contribution in [0.3, 0.4) is 0 Å². The molecule has 1 aliphatic carbocycles. The van der Waals surface area contributed by atoms with Gasteiger partial charge in [0.25, 0.3) is 0 Å². The lowest BCUT2D eigenvalue weighted by molar-refractivity contribution is -0.168. The molecule has 1 N–H and O–H groups in total. The molecule has 0 spiro atoms. The van der Waals surface area contributed by atoms with Crippen LogP contribution in [0.4, 0.5) is 0 Å². The van der Waals surface area contributed by atoms with Crippen molar-refractivity contribution in [1.29, 1.82) is 0 Å². The van der Waals surface area contributed by atoms with Crippen LogP contribution in [0.1, 0.15) is 76.1 Å². The van der Waals surface area contributed by atoms with Gasteiger partial charge in [-0.3, -0.25) is 14.4 Å². The highest BCUT2D eigenvalue weighted by Crippen LogP contribution is 2.41. The van der Waals surface area contributed by atoms with Crippen LogP contribution >= 0.6 is 0 Å². The topological polar surface area (TPSA) is 96.0 Å². The third-order valence-electron chi connectivity index (χ3n) is 10.7. The number of ether oxygens (including phenoxy) is 1. The maximum atomic E-state index is 15.0. The van der Waals surface area contributed by atoms with Crippen LogP contribution in [0, 0.1) is 0 Å². The fourth-order valence-corrected chi connectivity index (χ4v) is 8.07. The zero-order valence-electron chi connectivity index (χ0n) is 30.8. The Balaban J connectivity index is 1.18. The number of hydrogen-bond donors (Lipinski definition) is 1. The predicted octanol–water partition coefficient (Wildman–Crippen LogP) is 6.98. The third kappa shape index (κ3) is 6.80. The molecule has 3 unspecified atom stereocenters. The molecule has 3 atom stereocenters. The maximum Gasteiger partial charge on any atom is 0.338 e. The first-order valence-corrected chi connectivity index (χ1v) is 18.6. The number of carbonyl (C=O) groups excluding carboxylic acids is 4. The molecule has 8 nitrogen and oxygen atoms in total. The Morgan fingerprint density at radius 1 is 0.741 bits per heavy atom. The van der Waals surface area contributed by atoms with Crippen molar-refractivity contribution in [3.63, 3.8) is 0 Å². The minimum atomic E-state index is -1.09. The summed E-state index contributed by atoms with van der Waals surface area (Å²) >= 11 is 0. The predicted molar refractivity (Wildman–Crippen MR) is 206 cm³/mol. The molecule has 5 aromatic rings. The van der Waals surface area contributed by atoms with E-state index >= 15 is 4.79 Å². The number of hydrogen-bond acceptors (Lipinski definition) is 5. The van der Waals surface area contributed by atoms with Crippen LogP contribution in [-0.4, -0.2) is 51.2 Å². The van der Waals surface area contributed by atoms with Gasteiger partial charge in [-0.1, -0.05) is 103 Å². The lowest BCUT2D eigenvalue weighted by Gasteiger charge is -2.49. The molecule has 2 aliphatic heterocycles. The highest BCUT2D eigenvalue weighted by Gasteiger charge is 2.51. The molecule has 8 heteroatoms. The molecule has 272 valence electrons. The van der Waals surface area contributed by atoms with E-state index in [1.807, 2.05) is 106 Å². The molecule has 1 saturated heterocycles. The van der Waals surface area contributed by atoms with Crippen molar-refractivity contribution in [2.24, 2.45) is 0 Å². The number of piperazine rings is 1. The van der Waals surface area contributed by atoms with Crippen molar-refractivity contribution in [2.45, 2.75) is 76.8 Å². The Morgan fingerprint density at radius 2 is 1.41 bits per heavy atom. The molecule has 54 heavy (non-hydrogen) atoms. The molecule has 0 radical (unpaired) electrons. The Hall–Kier alpha value is -6.02. The van der Waals surface area contributed by atoms with E-state index in [1.54, 1.807) is 34.1 Å². The van der Waals surface area contributed by atoms with E-state index in [0.717, 1.165) is 45.4 Å². The number of carbonyl (C=O) groups is 4. The molecule has 1 fully saturated rings. The van der Waals surface area contributed by atoms with Gasteiger partial charge in [0.15, 0.2) is 0 Å². The first-order chi connectivity index (χ1) is 26.0. The van der Waals surface area contributed by atoms with Crippen molar-refractivity contribution in [3.8, 4) is 11.1 Å². The number of benzene rings is 5. The molecule has 5 aromatic carbocycles. The van der Waals surface area contributed by atoms with Gasteiger partial charge in [-0.05, 0) is 95.5 Å². The first kappa shape index (κ1) is 35.0. The average Bonchev–Trinajstić information content (AvgIpc) is 3.55. The van der Waals surface area contributed by atoms with Crippen molar-refractivity contribution in [1.82, 2.24) is 15.1 Å². The minimum Gasteiger partial charge on any atom is -0.456 e. The summed E-state index contributed by atoms with van der Waals surface area (Å²) in [7, 11) is 0. The molecule has 0 saturated carbocycles. The van der Waals surface area contributed by atoms with Crippen molar-refractivity contribution < 1.29 is 23.9 Å². The Bertz CT molecular complexity index is 2260. The number of esters is 1. The maximum absolute atomic E-state index is 15.0. The van der Waals surface area contributed by atoms with Crippen molar-refractivity contribution in [2.75, 3.05) is 0 Å². The normalized spacial score (nSPS) is 17.9. The van der Waals surface area contributed by atoms with E-state index in [9.17, 15) is 14.4 Å². The van der Waals surface area contributed by atoms with Crippen molar-refractivity contribution in [3.05, 3.63) is 166 Å². The van der Waals surface area contributed by atoms with E-state index < -0.39 is 29.7 Å². The van der Waals surface area contributed by atoms with Gasteiger partial charge < -0.3 is 19.9 Å². The summed E-state index contributed by atoms with van der Waals surface area (Å²) in [5, 5.41) is 3.10. The summed E-state index contributed by atoms with van der Waals surface area (Å²) in [6.45, 7) is 5.96. The molecular weight excluding hydrogens is 675 g/mol. The van der Waals surface area contributed by atoms with Crippen LogP contribution in [0.2, 0.25) is 0 Å². The van der Waals surface area contributed by atoms with Gasteiger partial charge in [0.05, 0.1) is 5.56 Å². The van der Waals surface area contributed by atoms with E-state index in [-0.39, 0.29) is 30.7 Å². The third-order valence-corrected chi connectivity index (χ3v) is 10.7.